The number of halogens is 1. The molecule has 0 aliphatic carbocycles. The fraction of sp³-hybridized carbons (Fsp3) is 0.684. The Kier molecular flexibility index (Phi) is 8.94. The average Bonchev–Trinajstić information content (AvgIpc) is 3.10. The van der Waals surface area contributed by atoms with Crippen LogP contribution < -0.4 is 15.5 Å². The number of likely N-dealkylation sites (N-methyl/N-ethyl adjacent to an activating group) is 1. The van der Waals surface area contributed by atoms with Gasteiger partial charge in [-0.25, -0.2) is 4.98 Å². The van der Waals surface area contributed by atoms with Crippen LogP contribution in [0.25, 0.3) is 0 Å². The number of nitrogens with one attached hydrogen (secondary N) is 2. The number of nitrogens with zero attached hydrogens (tertiary/aromatic N) is 4. The van der Waals surface area contributed by atoms with E-state index in [2.05, 4.69) is 62.2 Å². The molecule has 3 heterocycles. The SMILES string of the molecule is CN=C(NCc1cccnc1N1CCN(C)CC1)NCC1(C)CCCS1.I. The van der Waals surface area contributed by atoms with Gasteiger partial charge in [0.25, 0.3) is 0 Å². The van der Waals surface area contributed by atoms with E-state index in [1.54, 1.807) is 0 Å². The lowest BCUT2D eigenvalue weighted by molar-refractivity contribution is 0.312. The molecule has 0 saturated carbocycles. The third-order valence-corrected chi connectivity index (χ3v) is 6.81. The first-order chi connectivity index (χ1) is 12.6. The molecule has 2 aliphatic rings. The molecule has 152 valence electrons. The molecule has 2 N–H and O–H groups in total. The zero-order chi connectivity index (χ0) is 18.4. The van der Waals surface area contributed by atoms with Crippen molar-refractivity contribution < 1.29 is 0 Å². The van der Waals surface area contributed by atoms with Crippen molar-refractivity contribution in [3.8, 4) is 0 Å². The van der Waals surface area contributed by atoms with Crippen LogP contribution in [-0.4, -0.2) is 73.2 Å². The van der Waals surface area contributed by atoms with Gasteiger partial charge >= 0.3 is 0 Å². The fourth-order valence-electron chi connectivity index (χ4n) is 3.52. The molecule has 2 fully saturated rings. The van der Waals surface area contributed by atoms with Crippen LogP contribution in [0.5, 0.6) is 0 Å². The lowest BCUT2D eigenvalue weighted by Gasteiger charge is -2.34. The molecule has 0 aromatic carbocycles. The standard InChI is InChI=1S/C19H32N6S.HI/c1-19(7-5-13-26-19)15-23-18(20-2)22-14-16-6-4-8-21-17(16)25-11-9-24(3)10-12-25;/h4,6,8H,5,7,9-15H2,1-3H3,(H2,20,22,23);1H. The van der Waals surface area contributed by atoms with E-state index in [0.29, 0.717) is 4.75 Å². The highest BCUT2D eigenvalue weighted by Crippen LogP contribution is 2.36. The number of guanidine groups is 1. The van der Waals surface area contributed by atoms with Crippen LogP contribution in [0.4, 0.5) is 5.82 Å². The predicted molar refractivity (Wildman–Crippen MR) is 128 cm³/mol. The number of aromatic nitrogens is 1. The van der Waals surface area contributed by atoms with Gasteiger partial charge in [0.1, 0.15) is 5.82 Å². The Bertz CT molecular complexity index is 612. The van der Waals surface area contributed by atoms with E-state index in [-0.39, 0.29) is 24.0 Å². The van der Waals surface area contributed by atoms with Gasteiger partial charge in [-0.1, -0.05) is 6.07 Å². The Morgan fingerprint density at radius 3 is 2.74 bits per heavy atom. The summed E-state index contributed by atoms with van der Waals surface area (Å²) in [7, 11) is 4.01. The van der Waals surface area contributed by atoms with Crippen molar-refractivity contribution >= 4 is 47.5 Å². The number of pyridine rings is 1. The fourth-order valence-corrected chi connectivity index (χ4v) is 4.76. The Balaban J connectivity index is 0.00000261. The first kappa shape index (κ1) is 22.5. The normalized spacial score (nSPS) is 23.8. The van der Waals surface area contributed by atoms with Crippen molar-refractivity contribution in [3.63, 3.8) is 0 Å². The van der Waals surface area contributed by atoms with Gasteiger partial charge < -0.3 is 20.4 Å². The number of anilines is 1. The minimum atomic E-state index is 0. The summed E-state index contributed by atoms with van der Waals surface area (Å²) in [6, 6.07) is 4.18. The Hall–Kier alpha value is -0.740. The van der Waals surface area contributed by atoms with Crippen molar-refractivity contribution in [1.82, 2.24) is 20.5 Å². The van der Waals surface area contributed by atoms with Crippen LogP contribution in [0.1, 0.15) is 25.3 Å². The Morgan fingerprint density at radius 2 is 2.07 bits per heavy atom. The summed E-state index contributed by atoms with van der Waals surface area (Å²) in [5.74, 6) is 3.24. The zero-order valence-electron chi connectivity index (χ0n) is 16.7. The largest absolute Gasteiger partial charge is 0.355 e. The smallest absolute Gasteiger partial charge is 0.191 e. The maximum absolute atomic E-state index is 4.66. The molecule has 3 rings (SSSR count). The van der Waals surface area contributed by atoms with E-state index in [4.69, 9.17) is 0 Å². The lowest BCUT2D eigenvalue weighted by atomic mass is 10.1. The van der Waals surface area contributed by atoms with Crippen LogP contribution in [0.2, 0.25) is 0 Å². The molecule has 1 aromatic heterocycles. The van der Waals surface area contributed by atoms with Crippen molar-refractivity contribution in [2.24, 2.45) is 4.99 Å². The van der Waals surface area contributed by atoms with Gasteiger partial charge in [0.05, 0.1) is 0 Å². The highest BCUT2D eigenvalue weighted by Gasteiger charge is 2.29. The first-order valence-corrected chi connectivity index (χ1v) is 10.5. The van der Waals surface area contributed by atoms with Crippen molar-refractivity contribution in [2.45, 2.75) is 31.1 Å². The molecule has 1 aromatic rings. The van der Waals surface area contributed by atoms with Crippen LogP contribution in [0.15, 0.2) is 23.3 Å². The Labute approximate surface area is 185 Å². The monoisotopic (exact) mass is 504 g/mol. The Morgan fingerprint density at radius 1 is 1.30 bits per heavy atom. The molecule has 2 saturated heterocycles. The first-order valence-electron chi connectivity index (χ1n) is 9.55. The van der Waals surface area contributed by atoms with E-state index in [9.17, 15) is 0 Å². The molecule has 0 amide bonds. The van der Waals surface area contributed by atoms with Crippen LogP contribution >= 0.6 is 35.7 Å². The maximum Gasteiger partial charge on any atom is 0.191 e. The third-order valence-electron chi connectivity index (χ3n) is 5.27. The van der Waals surface area contributed by atoms with Gasteiger partial charge in [-0.2, -0.15) is 11.8 Å². The quantitative estimate of drug-likeness (QED) is 0.365. The van der Waals surface area contributed by atoms with E-state index in [1.807, 2.05) is 19.3 Å². The number of piperazine rings is 1. The summed E-state index contributed by atoms with van der Waals surface area (Å²) in [6.45, 7) is 8.27. The molecule has 6 nitrogen and oxygen atoms in total. The molecule has 8 heteroatoms. The summed E-state index contributed by atoms with van der Waals surface area (Å²) in [4.78, 5) is 13.8. The van der Waals surface area contributed by atoms with Gasteiger partial charge in [0.15, 0.2) is 5.96 Å². The summed E-state index contributed by atoms with van der Waals surface area (Å²) in [5.41, 5.74) is 1.22. The summed E-state index contributed by atoms with van der Waals surface area (Å²) < 4.78 is 0.330. The predicted octanol–water partition coefficient (Wildman–Crippen LogP) is 2.40. The number of hydrogen-bond acceptors (Lipinski definition) is 5. The molecule has 0 bridgehead atoms. The van der Waals surface area contributed by atoms with E-state index in [1.165, 1.54) is 24.2 Å². The third kappa shape index (κ3) is 6.39. The molecule has 0 radical (unpaired) electrons. The lowest BCUT2D eigenvalue weighted by Crippen LogP contribution is -2.46. The maximum atomic E-state index is 4.66. The van der Waals surface area contributed by atoms with Crippen LogP contribution in [0.3, 0.4) is 0 Å². The van der Waals surface area contributed by atoms with Gasteiger partial charge in [0, 0.05) is 62.8 Å². The minimum absolute atomic E-state index is 0. The summed E-state index contributed by atoms with van der Waals surface area (Å²) in [5, 5.41) is 6.97. The van der Waals surface area contributed by atoms with E-state index >= 15 is 0 Å². The second kappa shape index (κ2) is 10.7. The van der Waals surface area contributed by atoms with Crippen molar-refractivity contribution in [2.75, 3.05) is 57.5 Å². The number of rotatable bonds is 5. The van der Waals surface area contributed by atoms with Gasteiger partial charge in [-0.05, 0) is 38.6 Å². The molecule has 27 heavy (non-hydrogen) atoms. The molecule has 2 aliphatic heterocycles. The van der Waals surface area contributed by atoms with E-state index in [0.717, 1.165) is 51.0 Å². The molecular formula is C19H33IN6S. The highest BCUT2D eigenvalue weighted by molar-refractivity contribution is 14.0. The molecule has 0 spiro atoms. The summed E-state index contributed by atoms with van der Waals surface area (Å²) in [6.07, 6.45) is 4.49. The number of thioether (sulfide) groups is 1. The van der Waals surface area contributed by atoms with Crippen LogP contribution in [0, 0.1) is 0 Å². The second-order valence-corrected chi connectivity index (χ2v) is 9.14. The molecule has 1 atom stereocenters. The van der Waals surface area contributed by atoms with Gasteiger partial charge in [-0.15, -0.1) is 24.0 Å². The number of aliphatic imine (C=N–C) groups is 1. The van der Waals surface area contributed by atoms with Gasteiger partial charge in [-0.3, -0.25) is 4.99 Å². The molecule has 1 unspecified atom stereocenters. The molecular weight excluding hydrogens is 471 g/mol. The minimum Gasteiger partial charge on any atom is -0.355 e. The van der Waals surface area contributed by atoms with E-state index < -0.39 is 0 Å². The zero-order valence-corrected chi connectivity index (χ0v) is 19.8. The number of hydrogen-bond donors (Lipinski definition) is 2. The van der Waals surface area contributed by atoms with Crippen molar-refractivity contribution in [1.29, 1.82) is 0 Å². The second-order valence-electron chi connectivity index (χ2n) is 7.46. The topological polar surface area (TPSA) is 55.8 Å². The van der Waals surface area contributed by atoms with Crippen LogP contribution in [-0.2, 0) is 6.54 Å². The highest BCUT2D eigenvalue weighted by atomic mass is 127. The van der Waals surface area contributed by atoms with Crippen molar-refractivity contribution in [3.05, 3.63) is 23.9 Å². The van der Waals surface area contributed by atoms with Gasteiger partial charge in [0.2, 0.25) is 0 Å². The summed E-state index contributed by atoms with van der Waals surface area (Å²) >= 11 is 2.07. The average molecular weight is 504 g/mol.